The summed E-state index contributed by atoms with van der Waals surface area (Å²) in [5.41, 5.74) is 5.18. The lowest BCUT2D eigenvalue weighted by Gasteiger charge is -2.23. The minimum atomic E-state index is -1.30. The zero-order valence-electron chi connectivity index (χ0n) is 10.3. The monoisotopic (exact) mass is 237 g/mol. The lowest BCUT2D eigenvalue weighted by molar-refractivity contribution is 0.164. The van der Waals surface area contributed by atoms with Gasteiger partial charge in [0, 0.05) is 18.0 Å². The van der Waals surface area contributed by atoms with E-state index in [4.69, 9.17) is 10.5 Å². The molecule has 2 rings (SSSR count). The SMILES string of the molecule is CCCOc1ccccc1C1(F)CCC(N)C1. The molecule has 0 radical (unpaired) electrons. The van der Waals surface area contributed by atoms with Crippen molar-refractivity contribution < 1.29 is 9.13 Å². The van der Waals surface area contributed by atoms with Crippen molar-refractivity contribution in [2.24, 2.45) is 5.73 Å². The fourth-order valence-electron chi connectivity index (χ4n) is 2.45. The third-order valence-corrected chi connectivity index (χ3v) is 3.33. The summed E-state index contributed by atoms with van der Waals surface area (Å²) in [5.74, 6) is 0.672. The summed E-state index contributed by atoms with van der Waals surface area (Å²) in [6.45, 7) is 2.67. The smallest absolute Gasteiger partial charge is 0.141 e. The zero-order chi connectivity index (χ0) is 12.3. The molecule has 0 amide bonds. The van der Waals surface area contributed by atoms with Crippen molar-refractivity contribution in [3.05, 3.63) is 29.8 Å². The number of rotatable bonds is 4. The summed E-state index contributed by atoms with van der Waals surface area (Å²) >= 11 is 0. The van der Waals surface area contributed by atoms with Gasteiger partial charge in [0.2, 0.25) is 0 Å². The van der Waals surface area contributed by atoms with Crippen LogP contribution in [0.1, 0.15) is 38.2 Å². The highest BCUT2D eigenvalue weighted by Gasteiger charge is 2.41. The van der Waals surface area contributed by atoms with E-state index in [-0.39, 0.29) is 6.04 Å². The van der Waals surface area contributed by atoms with Gasteiger partial charge in [0.25, 0.3) is 0 Å². The van der Waals surface area contributed by atoms with E-state index in [9.17, 15) is 4.39 Å². The van der Waals surface area contributed by atoms with Crippen LogP contribution in [-0.2, 0) is 5.67 Å². The van der Waals surface area contributed by atoms with Crippen molar-refractivity contribution in [3.63, 3.8) is 0 Å². The summed E-state index contributed by atoms with van der Waals surface area (Å²) in [6.07, 6.45) is 2.58. The molecule has 2 nitrogen and oxygen atoms in total. The highest BCUT2D eigenvalue weighted by molar-refractivity contribution is 5.39. The molecule has 1 saturated carbocycles. The topological polar surface area (TPSA) is 35.2 Å². The number of hydrogen-bond acceptors (Lipinski definition) is 2. The van der Waals surface area contributed by atoms with Crippen molar-refractivity contribution in [3.8, 4) is 5.75 Å². The normalized spacial score (nSPS) is 28.3. The Morgan fingerprint density at radius 3 is 2.88 bits per heavy atom. The molecular formula is C14H20FNO. The number of alkyl halides is 1. The lowest BCUT2D eigenvalue weighted by atomic mass is 9.93. The first kappa shape index (κ1) is 12.4. The Morgan fingerprint density at radius 1 is 1.47 bits per heavy atom. The summed E-state index contributed by atoms with van der Waals surface area (Å²) in [6, 6.07) is 7.38. The van der Waals surface area contributed by atoms with Crippen LogP contribution in [0, 0.1) is 0 Å². The highest BCUT2D eigenvalue weighted by atomic mass is 19.1. The van der Waals surface area contributed by atoms with Crippen LogP contribution >= 0.6 is 0 Å². The average Bonchev–Trinajstić information content (AvgIpc) is 2.68. The van der Waals surface area contributed by atoms with Gasteiger partial charge in [-0.05, 0) is 25.3 Å². The second kappa shape index (κ2) is 5.05. The van der Waals surface area contributed by atoms with Crippen LogP contribution in [-0.4, -0.2) is 12.6 Å². The number of hydrogen-bond donors (Lipinski definition) is 1. The van der Waals surface area contributed by atoms with Gasteiger partial charge in [-0.3, -0.25) is 0 Å². The van der Waals surface area contributed by atoms with Crippen molar-refractivity contribution in [1.82, 2.24) is 0 Å². The van der Waals surface area contributed by atoms with E-state index in [2.05, 4.69) is 0 Å². The third-order valence-electron chi connectivity index (χ3n) is 3.33. The molecule has 1 aliphatic carbocycles. The molecule has 1 fully saturated rings. The molecule has 94 valence electrons. The van der Waals surface area contributed by atoms with E-state index in [1.165, 1.54) is 0 Å². The molecular weight excluding hydrogens is 217 g/mol. The Hall–Kier alpha value is -1.09. The molecule has 0 aromatic heterocycles. The van der Waals surface area contributed by atoms with Gasteiger partial charge in [-0.2, -0.15) is 0 Å². The fraction of sp³-hybridized carbons (Fsp3) is 0.571. The quantitative estimate of drug-likeness (QED) is 0.873. The predicted molar refractivity (Wildman–Crippen MR) is 66.8 cm³/mol. The van der Waals surface area contributed by atoms with Gasteiger partial charge < -0.3 is 10.5 Å². The van der Waals surface area contributed by atoms with Crippen LogP contribution in [0.15, 0.2) is 24.3 Å². The van der Waals surface area contributed by atoms with Gasteiger partial charge in [0.05, 0.1) is 6.61 Å². The third kappa shape index (κ3) is 2.60. The molecule has 0 bridgehead atoms. The molecule has 17 heavy (non-hydrogen) atoms. The molecule has 1 aromatic carbocycles. The van der Waals surface area contributed by atoms with Gasteiger partial charge >= 0.3 is 0 Å². The Bertz CT molecular complexity index is 382. The summed E-state index contributed by atoms with van der Waals surface area (Å²) in [4.78, 5) is 0. The van der Waals surface area contributed by atoms with E-state index in [1.807, 2.05) is 31.2 Å². The molecule has 0 spiro atoms. The Morgan fingerprint density at radius 2 is 2.24 bits per heavy atom. The largest absolute Gasteiger partial charge is 0.493 e. The molecule has 3 heteroatoms. The maximum Gasteiger partial charge on any atom is 0.141 e. The van der Waals surface area contributed by atoms with Crippen LogP contribution in [0.2, 0.25) is 0 Å². The van der Waals surface area contributed by atoms with Gasteiger partial charge in [-0.15, -0.1) is 0 Å². The first-order chi connectivity index (χ1) is 8.15. The van der Waals surface area contributed by atoms with Gasteiger partial charge in [0.15, 0.2) is 0 Å². The second-order valence-corrected chi connectivity index (χ2v) is 4.81. The first-order valence-corrected chi connectivity index (χ1v) is 6.32. The van der Waals surface area contributed by atoms with E-state index in [0.29, 0.717) is 30.8 Å². The van der Waals surface area contributed by atoms with E-state index in [1.54, 1.807) is 0 Å². The van der Waals surface area contributed by atoms with Crippen molar-refractivity contribution in [1.29, 1.82) is 0 Å². The Labute approximate surface area is 102 Å². The molecule has 0 saturated heterocycles. The molecule has 1 aliphatic rings. The average molecular weight is 237 g/mol. The number of halogens is 1. The Balaban J connectivity index is 2.25. The molecule has 1 aromatic rings. The summed E-state index contributed by atoms with van der Waals surface area (Å²) < 4.78 is 20.4. The first-order valence-electron chi connectivity index (χ1n) is 6.32. The van der Waals surface area contributed by atoms with Crippen molar-refractivity contribution >= 4 is 0 Å². The number of ether oxygens (including phenoxy) is 1. The van der Waals surface area contributed by atoms with E-state index < -0.39 is 5.67 Å². The predicted octanol–water partition coefficient (Wildman–Crippen LogP) is 3.15. The standard InChI is InChI=1S/C14H20FNO/c1-2-9-17-13-6-4-3-5-12(13)14(15)8-7-11(16)10-14/h3-6,11H,2,7-10,16H2,1H3. The van der Waals surface area contributed by atoms with E-state index in [0.717, 1.165) is 12.8 Å². The second-order valence-electron chi connectivity index (χ2n) is 4.81. The molecule has 2 unspecified atom stereocenters. The number of benzene rings is 1. The van der Waals surface area contributed by atoms with Gasteiger partial charge in [-0.25, -0.2) is 4.39 Å². The minimum absolute atomic E-state index is 0.0285. The lowest BCUT2D eigenvalue weighted by Crippen LogP contribution is -2.22. The van der Waals surface area contributed by atoms with Crippen LogP contribution in [0.5, 0.6) is 5.75 Å². The summed E-state index contributed by atoms with van der Waals surface area (Å²) in [5, 5.41) is 0. The van der Waals surface area contributed by atoms with Gasteiger partial charge in [0.1, 0.15) is 11.4 Å². The van der Waals surface area contributed by atoms with Crippen molar-refractivity contribution in [2.45, 2.75) is 44.3 Å². The Kier molecular flexibility index (Phi) is 3.67. The van der Waals surface area contributed by atoms with Crippen LogP contribution in [0.4, 0.5) is 4.39 Å². The number of para-hydroxylation sites is 1. The van der Waals surface area contributed by atoms with Crippen LogP contribution in [0.25, 0.3) is 0 Å². The maximum absolute atomic E-state index is 14.8. The van der Waals surface area contributed by atoms with Gasteiger partial charge in [-0.1, -0.05) is 25.1 Å². The van der Waals surface area contributed by atoms with Crippen molar-refractivity contribution in [2.75, 3.05) is 6.61 Å². The molecule has 0 heterocycles. The molecule has 2 atom stereocenters. The molecule has 2 N–H and O–H groups in total. The zero-order valence-corrected chi connectivity index (χ0v) is 10.3. The van der Waals surface area contributed by atoms with E-state index >= 15 is 0 Å². The maximum atomic E-state index is 14.8. The highest BCUT2D eigenvalue weighted by Crippen LogP contribution is 2.45. The summed E-state index contributed by atoms with van der Waals surface area (Å²) in [7, 11) is 0. The minimum Gasteiger partial charge on any atom is -0.493 e. The number of nitrogens with two attached hydrogens (primary N) is 1. The van der Waals surface area contributed by atoms with Crippen LogP contribution < -0.4 is 10.5 Å². The van der Waals surface area contributed by atoms with Crippen LogP contribution in [0.3, 0.4) is 0 Å². The molecule has 0 aliphatic heterocycles. The fourth-order valence-corrected chi connectivity index (χ4v) is 2.45.